The fourth-order valence-corrected chi connectivity index (χ4v) is 4.82. The Hall–Kier alpha value is -4.73. The summed E-state index contributed by atoms with van der Waals surface area (Å²) in [7, 11) is 1.56. The molecule has 5 rings (SSSR count). The van der Waals surface area contributed by atoms with Gasteiger partial charge in [-0.1, -0.05) is 24.3 Å². The van der Waals surface area contributed by atoms with Gasteiger partial charge in [0.1, 0.15) is 11.6 Å². The second-order valence-corrected chi connectivity index (χ2v) is 9.39. The Morgan fingerprint density at radius 2 is 1.52 bits per heavy atom. The molecule has 1 fully saturated rings. The Morgan fingerprint density at radius 3 is 2.23 bits per heavy atom. The van der Waals surface area contributed by atoms with E-state index in [0.717, 1.165) is 17.7 Å². The molecule has 1 aromatic heterocycles. The second kappa shape index (κ2) is 11.2. The topological polar surface area (TPSA) is 66.8 Å². The number of halogens is 3. The van der Waals surface area contributed by atoms with Gasteiger partial charge in [-0.15, -0.1) is 0 Å². The minimum absolute atomic E-state index is 0.137. The number of nitrogens with zero attached hydrogens (tertiary/aromatic N) is 3. The van der Waals surface area contributed by atoms with E-state index >= 15 is 0 Å². The summed E-state index contributed by atoms with van der Waals surface area (Å²) in [5, 5.41) is 2.55. The standard InChI is InChI=1S/C30H27F3N4O3/c1-19-23(18-28(20-6-5-7-22(16-20)40-2)37(19)27-9-4-3-8-25(27)32)29(38)35-12-14-36(15-13-35)30(39)34-21-10-11-24(31)26(33)17-21/h3-11,16-18H,12-15H2,1-2H3,(H,34,39). The summed E-state index contributed by atoms with van der Waals surface area (Å²) in [6, 6.07) is 18.1. The average Bonchev–Trinajstić information content (AvgIpc) is 3.31. The molecule has 7 nitrogen and oxygen atoms in total. The number of hydrogen-bond acceptors (Lipinski definition) is 3. The maximum Gasteiger partial charge on any atom is 0.321 e. The first kappa shape index (κ1) is 26.9. The minimum atomic E-state index is -1.06. The molecule has 0 aliphatic carbocycles. The number of methoxy groups -OCH3 is 1. The van der Waals surface area contributed by atoms with E-state index in [2.05, 4.69) is 5.32 Å². The molecule has 10 heteroatoms. The van der Waals surface area contributed by atoms with Crippen molar-refractivity contribution in [2.24, 2.45) is 0 Å². The second-order valence-electron chi connectivity index (χ2n) is 9.39. The Kier molecular flexibility index (Phi) is 7.50. The third-order valence-corrected chi connectivity index (χ3v) is 6.96. The summed E-state index contributed by atoms with van der Waals surface area (Å²) in [4.78, 5) is 29.5. The third-order valence-electron chi connectivity index (χ3n) is 6.96. The SMILES string of the molecule is COc1cccc(-c2cc(C(=O)N3CCN(C(=O)Nc4ccc(F)c(F)c4)CC3)c(C)n2-c2ccccc2F)c1. The van der Waals surface area contributed by atoms with E-state index in [1.807, 2.05) is 18.2 Å². The number of para-hydroxylation sites is 1. The van der Waals surface area contributed by atoms with Crippen LogP contribution in [0.1, 0.15) is 16.1 Å². The van der Waals surface area contributed by atoms with Gasteiger partial charge in [-0.25, -0.2) is 18.0 Å². The highest BCUT2D eigenvalue weighted by Gasteiger charge is 2.29. The minimum Gasteiger partial charge on any atom is -0.497 e. The van der Waals surface area contributed by atoms with Gasteiger partial charge in [0.15, 0.2) is 11.6 Å². The van der Waals surface area contributed by atoms with E-state index in [1.165, 1.54) is 17.0 Å². The largest absolute Gasteiger partial charge is 0.497 e. The number of hydrogen-bond donors (Lipinski definition) is 1. The van der Waals surface area contributed by atoms with Gasteiger partial charge in [0.05, 0.1) is 24.1 Å². The number of amides is 3. The molecule has 3 aromatic carbocycles. The molecular weight excluding hydrogens is 521 g/mol. The van der Waals surface area contributed by atoms with Crippen molar-refractivity contribution in [3.63, 3.8) is 0 Å². The van der Waals surface area contributed by atoms with Crippen molar-refractivity contribution in [2.75, 3.05) is 38.6 Å². The molecule has 2 heterocycles. The number of rotatable bonds is 5. The van der Waals surface area contributed by atoms with Gasteiger partial charge in [-0.2, -0.15) is 0 Å². The maximum absolute atomic E-state index is 15.0. The number of anilines is 1. The molecule has 0 spiro atoms. The van der Waals surface area contributed by atoms with Crippen LogP contribution in [-0.2, 0) is 0 Å². The van der Waals surface area contributed by atoms with Crippen LogP contribution >= 0.6 is 0 Å². The van der Waals surface area contributed by atoms with Crippen molar-refractivity contribution in [3.8, 4) is 22.7 Å². The lowest BCUT2D eigenvalue weighted by atomic mass is 10.1. The Balaban J connectivity index is 1.38. The molecule has 3 amide bonds. The molecule has 1 aliphatic heterocycles. The first-order valence-electron chi connectivity index (χ1n) is 12.7. The summed E-state index contributed by atoms with van der Waals surface area (Å²) < 4.78 is 48.7. The lowest BCUT2D eigenvalue weighted by Gasteiger charge is -2.34. The predicted octanol–water partition coefficient (Wildman–Crippen LogP) is 5.87. The summed E-state index contributed by atoms with van der Waals surface area (Å²) in [6.07, 6.45) is 0. The molecule has 1 N–H and O–H groups in total. The third kappa shape index (κ3) is 5.25. The van der Waals surface area contributed by atoms with Crippen LogP contribution in [0, 0.1) is 24.4 Å². The number of piperazine rings is 1. The zero-order chi connectivity index (χ0) is 28.4. The number of benzene rings is 3. The van der Waals surface area contributed by atoms with Gasteiger partial charge in [-0.3, -0.25) is 4.79 Å². The lowest BCUT2D eigenvalue weighted by molar-refractivity contribution is 0.0671. The van der Waals surface area contributed by atoms with Crippen LogP contribution in [0.25, 0.3) is 16.9 Å². The zero-order valence-electron chi connectivity index (χ0n) is 22.0. The van der Waals surface area contributed by atoms with E-state index in [1.54, 1.807) is 53.8 Å². The van der Waals surface area contributed by atoms with Crippen LogP contribution in [0.2, 0.25) is 0 Å². The van der Waals surface area contributed by atoms with Crippen molar-refractivity contribution in [3.05, 3.63) is 102 Å². The number of ether oxygens (including phenoxy) is 1. The van der Waals surface area contributed by atoms with E-state index in [9.17, 15) is 22.8 Å². The molecule has 40 heavy (non-hydrogen) atoms. The average molecular weight is 549 g/mol. The first-order valence-corrected chi connectivity index (χ1v) is 12.7. The summed E-state index contributed by atoms with van der Waals surface area (Å²) in [5.74, 6) is -2.09. The van der Waals surface area contributed by atoms with E-state index in [-0.39, 0.29) is 37.8 Å². The molecule has 0 atom stereocenters. The Morgan fingerprint density at radius 1 is 0.800 bits per heavy atom. The molecule has 4 aromatic rings. The van der Waals surface area contributed by atoms with Gasteiger partial charge < -0.3 is 24.4 Å². The number of carbonyl (C=O) groups is 2. The van der Waals surface area contributed by atoms with Crippen LogP contribution in [-0.4, -0.2) is 59.6 Å². The quantitative estimate of drug-likeness (QED) is 0.339. The van der Waals surface area contributed by atoms with Crippen molar-refractivity contribution in [1.29, 1.82) is 0 Å². The van der Waals surface area contributed by atoms with Crippen LogP contribution in [0.4, 0.5) is 23.7 Å². The van der Waals surface area contributed by atoms with E-state index in [0.29, 0.717) is 28.4 Å². The molecule has 0 radical (unpaired) electrons. The number of urea groups is 1. The van der Waals surface area contributed by atoms with Crippen LogP contribution in [0.3, 0.4) is 0 Å². The zero-order valence-corrected chi connectivity index (χ0v) is 22.0. The van der Waals surface area contributed by atoms with Gasteiger partial charge in [-0.05, 0) is 49.4 Å². The van der Waals surface area contributed by atoms with Gasteiger partial charge in [0.25, 0.3) is 5.91 Å². The van der Waals surface area contributed by atoms with Crippen LogP contribution in [0.5, 0.6) is 5.75 Å². The van der Waals surface area contributed by atoms with Crippen LogP contribution < -0.4 is 10.1 Å². The molecule has 206 valence electrons. The highest BCUT2D eigenvalue weighted by molar-refractivity contribution is 5.98. The number of nitrogens with one attached hydrogen (secondary N) is 1. The molecule has 1 aliphatic rings. The fourth-order valence-electron chi connectivity index (χ4n) is 4.82. The Bertz CT molecular complexity index is 1580. The summed E-state index contributed by atoms with van der Waals surface area (Å²) >= 11 is 0. The van der Waals surface area contributed by atoms with Gasteiger partial charge in [0, 0.05) is 49.2 Å². The van der Waals surface area contributed by atoms with E-state index in [4.69, 9.17) is 4.74 Å². The van der Waals surface area contributed by atoms with Crippen molar-refractivity contribution >= 4 is 17.6 Å². The van der Waals surface area contributed by atoms with Crippen molar-refractivity contribution in [1.82, 2.24) is 14.4 Å². The highest BCUT2D eigenvalue weighted by atomic mass is 19.2. The number of aromatic nitrogens is 1. The normalized spacial score (nSPS) is 13.3. The monoisotopic (exact) mass is 548 g/mol. The van der Waals surface area contributed by atoms with Crippen molar-refractivity contribution < 1.29 is 27.5 Å². The smallest absolute Gasteiger partial charge is 0.321 e. The summed E-state index contributed by atoms with van der Waals surface area (Å²) in [6.45, 7) is 2.80. The van der Waals surface area contributed by atoms with Gasteiger partial charge in [0.2, 0.25) is 0 Å². The molecule has 0 unspecified atom stereocenters. The molecule has 1 saturated heterocycles. The fraction of sp³-hybridized carbons (Fsp3) is 0.200. The predicted molar refractivity (Wildman–Crippen MR) is 145 cm³/mol. The highest BCUT2D eigenvalue weighted by Crippen LogP contribution is 2.33. The van der Waals surface area contributed by atoms with Gasteiger partial charge >= 0.3 is 6.03 Å². The molecule has 0 saturated carbocycles. The van der Waals surface area contributed by atoms with Crippen LogP contribution in [0.15, 0.2) is 72.8 Å². The molecule has 0 bridgehead atoms. The Labute approximate surface area is 229 Å². The number of carbonyl (C=O) groups excluding carboxylic acids is 2. The lowest BCUT2D eigenvalue weighted by Crippen LogP contribution is -2.51. The molecular formula is C30H27F3N4O3. The van der Waals surface area contributed by atoms with Crippen molar-refractivity contribution in [2.45, 2.75) is 6.92 Å². The van der Waals surface area contributed by atoms with E-state index < -0.39 is 23.5 Å². The maximum atomic E-state index is 15.0. The first-order chi connectivity index (χ1) is 19.3. The summed E-state index contributed by atoms with van der Waals surface area (Å²) in [5.41, 5.74) is 2.83.